The van der Waals surface area contributed by atoms with E-state index in [0.29, 0.717) is 11.1 Å². The molecule has 0 unspecified atom stereocenters. The van der Waals surface area contributed by atoms with Crippen LogP contribution in [0.15, 0.2) is 29.3 Å². The maximum atomic E-state index is 10.9. The van der Waals surface area contributed by atoms with Gasteiger partial charge in [-0.05, 0) is 11.1 Å². The smallest absolute Gasteiger partial charge is 0.269 e. The van der Waals surface area contributed by atoms with E-state index >= 15 is 0 Å². The number of aliphatic hydroxyl groups is 2. The number of non-ortho nitro benzene ring substituents is 1. The first kappa shape index (κ1) is 13.3. The Morgan fingerprint density at radius 3 is 2.05 bits per heavy atom. The number of hydrogen-bond donors (Lipinski definition) is 2. The van der Waals surface area contributed by atoms with Crippen molar-refractivity contribution in [3.05, 3.63) is 50.6 Å². The van der Waals surface area contributed by atoms with Crippen molar-refractivity contribution >= 4 is 5.69 Å². The van der Waals surface area contributed by atoms with Gasteiger partial charge < -0.3 is 10.2 Å². The molecule has 21 heavy (non-hydrogen) atoms. The van der Waals surface area contributed by atoms with Crippen molar-refractivity contribution in [3.8, 4) is 12.1 Å². The Balaban J connectivity index is 2.30. The second-order valence-electron chi connectivity index (χ2n) is 5.06. The highest BCUT2D eigenvalue weighted by Gasteiger charge is 2.51. The molecule has 3 aliphatic rings. The van der Waals surface area contributed by atoms with Crippen LogP contribution in [-0.2, 0) is 0 Å². The average Bonchev–Trinajstić information content (AvgIpc) is 2.49. The molecular weight excluding hydrogens is 274 g/mol. The maximum absolute atomic E-state index is 10.9. The van der Waals surface area contributed by atoms with Crippen LogP contribution in [0.1, 0.15) is 23.0 Å². The molecule has 2 N–H and O–H groups in total. The van der Waals surface area contributed by atoms with E-state index in [1.165, 1.54) is 18.2 Å². The van der Waals surface area contributed by atoms with Gasteiger partial charge in [0.1, 0.15) is 0 Å². The molecule has 2 bridgehead atoms. The lowest BCUT2D eigenvalue weighted by molar-refractivity contribution is -0.385. The van der Waals surface area contributed by atoms with Gasteiger partial charge in [0.25, 0.3) is 5.69 Å². The summed E-state index contributed by atoms with van der Waals surface area (Å²) in [5.41, 5.74) is 1.04. The monoisotopic (exact) mass is 283 g/mol. The van der Waals surface area contributed by atoms with Crippen molar-refractivity contribution in [2.24, 2.45) is 0 Å². The maximum Gasteiger partial charge on any atom is 0.269 e. The van der Waals surface area contributed by atoms with Crippen molar-refractivity contribution in [2.45, 2.75) is 24.0 Å². The second-order valence-corrected chi connectivity index (χ2v) is 5.06. The molecule has 104 valence electrons. The zero-order valence-corrected chi connectivity index (χ0v) is 10.6. The molecule has 1 aromatic carbocycles. The van der Waals surface area contributed by atoms with E-state index in [1.807, 2.05) is 12.1 Å². The number of rotatable bonds is 1. The molecule has 0 amide bonds. The molecule has 4 rings (SSSR count). The lowest BCUT2D eigenvalue weighted by atomic mass is 9.61. The summed E-state index contributed by atoms with van der Waals surface area (Å²) in [5, 5.41) is 49.6. The Kier molecular flexibility index (Phi) is 2.77. The standard InChI is InChI=1S/C14H9N3O4/c15-4-9-10(5-16)12-8-3-6(17(20)21)1-2-7(8)11(9)13(18)14(12)19/h1-3,11-14,18-19H/t11-,12+,13+,14-/m1/s1. The van der Waals surface area contributed by atoms with E-state index in [1.54, 1.807) is 0 Å². The van der Waals surface area contributed by atoms with Gasteiger partial charge in [0, 0.05) is 24.0 Å². The Morgan fingerprint density at radius 1 is 1.05 bits per heavy atom. The summed E-state index contributed by atoms with van der Waals surface area (Å²) in [6.07, 6.45) is -2.45. The molecule has 7 heteroatoms. The van der Waals surface area contributed by atoms with E-state index in [9.17, 15) is 30.9 Å². The van der Waals surface area contributed by atoms with E-state index in [-0.39, 0.29) is 16.8 Å². The average molecular weight is 283 g/mol. The van der Waals surface area contributed by atoms with Crippen LogP contribution in [0.25, 0.3) is 0 Å². The molecule has 4 atom stereocenters. The third kappa shape index (κ3) is 1.59. The lowest BCUT2D eigenvalue weighted by Gasteiger charge is -2.44. The SMILES string of the molecule is N#CC1=C(C#N)[C@H]2c3ccc([N+](=O)[O-])cc3[C@@H]1[C@@H](O)[C@H]2O. The highest BCUT2D eigenvalue weighted by atomic mass is 16.6. The van der Waals surface area contributed by atoms with Gasteiger partial charge in [-0.25, -0.2) is 0 Å². The molecule has 1 aromatic rings. The first-order valence-corrected chi connectivity index (χ1v) is 6.20. The summed E-state index contributed by atoms with van der Waals surface area (Å²) in [7, 11) is 0. The van der Waals surface area contributed by atoms with Crippen molar-refractivity contribution in [1.29, 1.82) is 10.5 Å². The van der Waals surface area contributed by atoms with Crippen LogP contribution >= 0.6 is 0 Å². The Morgan fingerprint density at radius 2 is 1.57 bits per heavy atom. The van der Waals surface area contributed by atoms with Crippen LogP contribution in [0.5, 0.6) is 0 Å². The van der Waals surface area contributed by atoms with Gasteiger partial charge in [-0.1, -0.05) is 6.07 Å². The van der Waals surface area contributed by atoms with E-state index in [4.69, 9.17) is 0 Å². The van der Waals surface area contributed by atoms with Gasteiger partial charge in [0.15, 0.2) is 0 Å². The first-order chi connectivity index (χ1) is 10.0. The van der Waals surface area contributed by atoms with Crippen LogP contribution in [0.4, 0.5) is 5.69 Å². The topological polar surface area (TPSA) is 131 Å². The summed E-state index contributed by atoms with van der Waals surface area (Å²) in [6, 6.07) is 7.88. The lowest BCUT2D eigenvalue weighted by Crippen LogP contribution is -2.47. The largest absolute Gasteiger partial charge is 0.389 e. The normalized spacial score (nSPS) is 29.5. The Hall–Kier alpha value is -2.74. The zero-order valence-electron chi connectivity index (χ0n) is 10.6. The summed E-state index contributed by atoms with van der Waals surface area (Å²) in [5.74, 6) is -1.72. The Bertz CT molecular complexity index is 771. The summed E-state index contributed by atoms with van der Waals surface area (Å²) in [6.45, 7) is 0. The third-order valence-electron chi connectivity index (χ3n) is 4.14. The van der Waals surface area contributed by atoms with E-state index in [2.05, 4.69) is 0 Å². The van der Waals surface area contributed by atoms with E-state index < -0.39 is 29.0 Å². The molecule has 3 aliphatic carbocycles. The van der Waals surface area contributed by atoms with Crippen molar-refractivity contribution in [1.82, 2.24) is 0 Å². The third-order valence-corrected chi connectivity index (χ3v) is 4.14. The Labute approximate surface area is 119 Å². The summed E-state index contributed by atoms with van der Waals surface area (Å²) < 4.78 is 0. The number of nitriles is 2. The first-order valence-electron chi connectivity index (χ1n) is 6.20. The molecule has 0 aromatic heterocycles. The fourth-order valence-electron chi connectivity index (χ4n) is 3.24. The fraction of sp³-hybridized carbons (Fsp3) is 0.286. The number of nitro benzene ring substituents is 1. The van der Waals surface area contributed by atoms with Crippen LogP contribution in [0.3, 0.4) is 0 Å². The predicted octanol–water partition coefficient (Wildman–Crippen LogP) is 0.855. The number of nitrogens with zero attached hydrogens (tertiary/aromatic N) is 3. The highest BCUT2D eigenvalue weighted by Crippen LogP contribution is 2.52. The number of benzene rings is 1. The van der Waals surface area contributed by atoms with Crippen LogP contribution in [0.2, 0.25) is 0 Å². The molecule has 7 nitrogen and oxygen atoms in total. The summed E-state index contributed by atoms with van der Waals surface area (Å²) in [4.78, 5) is 10.3. The van der Waals surface area contributed by atoms with Gasteiger partial charge in [-0.15, -0.1) is 0 Å². The zero-order chi connectivity index (χ0) is 15.3. The van der Waals surface area contributed by atoms with Gasteiger partial charge in [0.2, 0.25) is 0 Å². The molecule has 0 heterocycles. The number of hydrogen-bond acceptors (Lipinski definition) is 6. The fourth-order valence-corrected chi connectivity index (χ4v) is 3.24. The van der Waals surface area contributed by atoms with E-state index in [0.717, 1.165) is 0 Å². The number of aliphatic hydroxyl groups excluding tert-OH is 2. The molecule has 0 saturated carbocycles. The molecule has 0 saturated heterocycles. The van der Waals surface area contributed by atoms with Gasteiger partial charge in [-0.2, -0.15) is 10.5 Å². The molecule has 0 fully saturated rings. The van der Waals surface area contributed by atoms with Crippen molar-refractivity contribution < 1.29 is 15.1 Å². The molecule has 0 spiro atoms. The minimum atomic E-state index is -1.25. The highest BCUT2D eigenvalue weighted by molar-refractivity contribution is 5.63. The number of fused-ring (bicyclic) bond motifs is 1. The van der Waals surface area contributed by atoms with Gasteiger partial charge in [-0.3, -0.25) is 10.1 Å². The predicted molar refractivity (Wildman–Crippen MR) is 68.8 cm³/mol. The quantitative estimate of drug-likeness (QED) is 0.580. The van der Waals surface area contributed by atoms with Gasteiger partial charge >= 0.3 is 0 Å². The summed E-state index contributed by atoms with van der Waals surface area (Å²) >= 11 is 0. The van der Waals surface area contributed by atoms with Gasteiger partial charge in [0.05, 0.1) is 40.4 Å². The van der Waals surface area contributed by atoms with Crippen LogP contribution in [0, 0.1) is 32.8 Å². The van der Waals surface area contributed by atoms with Crippen LogP contribution in [-0.4, -0.2) is 27.3 Å². The number of nitro groups is 1. The van der Waals surface area contributed by atoms with Crippen molar-refractivity contribution in [2.75, 3.05) is 0 Å². The molecule has 0 aliphatic heterocycles. The van der Waals surface area contributed by atoms with Crippen molar-refractivity contribution in [3.63, 3.8) is 0 Å². The molecule has 0 radical (unpaired) electrons. The minimum absolute atomic E-state index is 0.0771. The van der Waals surface area contributed by atoms with Crippen LogP contribution < -0.4 is 0 Å². The molecular formula is C14H9N3O4. The minimum Gasteiger partial charge on any atom is -0.389 e. The second kappa shape index (κ2) is 4.38.